The van der Waals surface area contributed by atoms with E-state index >= 15 is 0 Å². The number of rotatable bonds is 3. The van der Waals surface area contributed by atoms with Crippen LogP contribution in [-0.2, 0) is 13.1 Å². The first-order chi connectivity index (χ1) is 7.69. The molecule has 0 aromatic carbocycles. The molecule has 1 aliphatic rings. The van der Waals surface area contributed by atoms with Gasteiger partial charge in [0, 0.05) is 6.54 Å². The Morgan fingerprint density at radius 3 is 2.69 bits per heavy atom. The summed E-state index contributed by atoms with van der Waals surface area (Å²) < 4.78 is 5.63. The van der Waals surface area contributed by atoms with E-state index in [2.05, 4.69) is 18.7 Å². The van der Waals surface area contributed by atoms with Crippen LogP contribution in [0.5, 0.6) is 0 Å². The van der Waals surface area contributed by atoms with Gasteiger partial charge in [0.25, 0.3) is 0 Å². The predicted molar refractivity (Wildman–Crippen MR) is 64.8 cm³/mol. The second-order valence-electron chi connectivity index (χ2n) is 5.05. The minimum atomic E-state index is 0.493. The number of likely N-dealkylation sites (tertiary alicyclic amines) is 1. The molecule has 90 valence electrons. The van der Waals surface area contributed by atoms with Gasteiger partial charge in [0.15, 0.2) is 0 Å². The zero-order valence-electron chi connectivity index (χ0n) is 10.3. The first kappa shape index (κ1) is 11.7. The zero-order chi connectivity index (χ0) is 11.5. The standard InChI is InChI=1S/C13H22N2O/c1-10-5-6-15(8-11(10)2)9-13-4-3-12(7-14)16-13/h3-4,10-11H,5-9,14H2,1-2H3. The van der Waals surface area contributed by atoms with E-state index in [1.54, 1.807) is 0 Å². The van der Waals surface area contributed by atoms with Crippen molar-refractivity contribution in [2.75, 3.05) is 13.1 Å². The minimum absolute atomic E-state index is 0.493. The van der Waals surface area contributed by atoms with Gasteiger partial charge in [-0.1, -0.05) is 13.8 Å². The highest BCUT2D eigenvalue weighted by molar-refractivity contribution is 5.06. The van der Waals surface area contributed by atoms with E-state index in [0.717, 1.165) is 29.9 Å². The molecule has 2 heterocycles. The van der Waals surface area contributed by atoms with E-state index in [1.165, 1.54) is 19.5 Å². The van der Waals surface area contributed by atoms with Crippen molar-refractivity contribution in [2.24, 2.45) is 17.6 Å². The summed E-state index contributed by atoms with van der Waals surface area (Å²) in [6, 6.07) is 4.02. The Morgan fingerprint density at radius 1 is 1.31 bits per heavy atom. The average molecular weight is 222 g/mol. The van der Waals surface area contributed by atoms with Crippen LogP contribution in [0.2, 0.25) is 0 Å². The van der Waals surface area contributed by atoms with Crippen LogP contribution in [0.25, 0.3) is 0 Å². The lowest BCUT2D eigenvalue weighted by Crippen LogP contribution is -2.37. The van der Waals surface area contributed by atoms with Crippen LogP contribution in [-0.4, -0.2) is 18.0 Å². The summed E-state index contributed by atoms with van der Waals surface area (Å²) in [6.07, 6.45) is 1.30. The Labute approximate surface area is 97.6 Å². The van der Waals surface area contributed by atoms with Crippen molar-refractivity contribution in [1.82, 2.24) is 4.90 Å². The van der Waals surface area contributed by atoms with E-state index in [-0.39, 0.29) is 0 Å². The second-order valence-corrected chi connectivity index (χ2v) is 5.05. The summed E-state index contributed by atoms with van der Waals surface area (Å²) in [6.45, 7) is 8.47. The zero-order valence-corrected chi connectivity index (χ0v) is 10.3. The van der Waals surface area contributed by atoms with Crippen LogP contribution < -0.4 is 5.73 Å². The van der Waals surface area contributed by atoms with Crippen molar-refractivity contribution in [3.63, 3.8) is 0 Å². The van der Waals surface area contributed by atoms with Gasteiger partial charge in [-0.25, -0.2) is 0 Å². The lowest BCUT2D eigenvalue weighted by atomic mass is 9.89. The quantitative estimate of drug-likeness (QED) is 0.852. The molecular formula is C13H22N2O. The fourth-order valence-electron chi connectivity index (χ4n) is 2.33. The van der Waals surface area contributed by atoms with Gasteiger partial charge in [0.05, 0.1) is 13.1 Å². The highest BCUT2D eigenvalue weighted by Gasteiger charge is 2.23. The predicted octanol–water partition coefficient (Wildman–Crippen LogP) is 2.22. The van der Waals surface area contributed by atoms with Crippen molar-refractivity contribution in [2.45, 2.75) is 33.4 Å². The molecule has 1 aliphatic heterocycles. The Hall–Kier alpha value is -0.800. The number of hydrogen-bond acceptors (Lipinski definition) is 3. The molecule has 0 radical (unpaired) electrons. The molecule has 0 saturated carbocycles. The number of furan rings is 1. The lowest BCUT2D eigenvalue weighted by Gasteiger charge is -2.34. The maximum atomic E-state index is 5.63. The van der Waals surface area contributed by atoms with Gasteiger partial charge >= 0.3 is 0 Å². The number of piperidine rings is 1. The summed E-state index contributed by atoms with van der Waals surface area (Å²) in [5.41, 5.74) is 5.53. The van der Waals surface area contributed by atoms with E-state index in [4.69, 9.17) is 10.2 Å². The second kappa shape index (κ2) is 5.02. The van der Waals surface area contributed by atoms with Crippen molar-refractivity contribution < 1.29 is 4.42 Å². The van der Waals surface area contributed by atoms with Crippen LogP contribution in [0.1, 0.15) is 31.8 Å². The third-order valence-electron chi connectivity index (χ3n) is 3.72. The molecule has 1 aromatic rings. The molecule has 1 saturated heterocycles. The van der Waals surface area contributed by atoms with Gasteiger partial charge in [-0.15, -0.1) is 0 Å². The van der Waals surface area contributed by atoms with E-state index in [0.29, 0.717) is 6.54 Å². The fourth-order valence-corrected chi connectivity index (χ4v) is 2.33. The van der Waals surface area contributed by atoms with E-state index in [9.17, 15) is 0 Å². The molecule has 3 heteroatoms. The third-order valence-corrected chi connectivity index (χ3v) is 3.72. The largest absolute Gasteiger partial charge is 0.463 e. The van der Waals surface area contributed by atoms with Crippen LogP contribution in [0.15, 0.2) is 16.5 Å². The summed E-state index contributed by atoms with van der Waals surface area (Å²) in [7, 11) is 0. The van der Waals surface area contributed by atoms with Gasteiger partial charge in [0.2, 0.25) is 0 Å². The molecule has 2 unspecified atom stereocenters. The minimum Gasteiger partial charge on any atom is -0.463 e. The molecule has 1 aromatic heterocycles. The molecule has 2 atom stereocenters. The molecule has 2 N–H and O–H groups in total. The SMILES string of the molecule is CC1CCN(Cc2ccc(CN)o2)CC1C. The first-order valence-corrected chi connectivity index (χ1v) is 6.19. The number of hydrogen-bond donors (Lipinski definition) is 1. The number of nitrogens with two attached hydrogens (primary N) is 1. The lowest BCUT2D eigenvalue weighted by molar-refractivity contribution is 0.124. The molecule has 0 amide bonds. The highest BCUT2D eigenvalue weighted by Crippen LogP contribution is 2.23. The smallest absolute Gasteiger partial charge is 0.118 e. The Kier molecular flexibility index (Phi) is 3.66. The van der Waals surface area contributed by atoms with Crippen molar-refractivity contribution in [1.29, 1.82) is 0 Å². The third kappa shape index (κ3) is 2.66. The van der Waals surface area contributed by atoms with Gasteiger partial charge in [-0.05, 0) is 36.9 Å². The summed E-state index contributed by atoms with van der Waals surface area (Å²) in [5.74, 6) is 3.57. The summed E-state index contributed by atoms with van der Waals surface area (Å²) >= 11 is 0. The van der Waals surface area contributed by atoms with Gasteiger partial charge < -0.3 is 10.2 Å². The Balaban J connectivity index is 1.90. The average Bonchev–Trinajstić information content (AvgIpc) is 2.71. The summed E-state index contributed by atoms with van der Waals surface area (Å²) in [4.78, 5) is 2.48. The van der Waals surface area contributed by atoms with Crippen LogP contribution >= 0.6 is 0 Å². The molecule has 3 nitrogen and oxygen atoms in total. The van der Waals surface area contributed by atoms with Crippen LogP contribution in [0, 0.1) is 11.8 Å². The molecule has 2 rings (SSSR count). The maximum Gasteiger partial charge on any atom is 0.118 e. The number of nitrogens with zero attached hydrogens (tertiary/aromatic N) is 1. The Bertz CT molecular complexity index is 334. The maximum absolute atomic E-state index is 5.63. The van der Waals surface area contributed by atoms with Crippen molar-refractivity contribution >= 4 is 0 Å². The normalized spacial score (nSPS) is 27.2. The van der Waals surface area contributed by atoms with E-state index in [1.807, 2.05) is 12.1 Å². The highest BCUT2D eigenvalue weighted by atomic mass is 16.3. The van der Waals surface area contributed by atoms with Crippen molar-refractivity contribution in [3.05, 3.63) is 23.7 Å². The molecule has 0 spiro atoms. The monoisotopic (exact) mass is 222 g/mol. The molecule has 16 heavy (non-hydrogen) atoms. The fraction of sp³-hybridized carbons (Fsp3) is 0.692. The van der Waals surface area contributed by atoms with E-state index < -0.39 is 0 Å². The van der Waals surface area contributed by atoms with Crippen molar-refractivity contribution in [3.8, 4) is 0 Å². The molecule has 1 fully saturated rings. The Morgan fingerprint density at radius 2 is 2.06 bits per heavy atom. The summed E-state index contributed by atoms with van der Waals surface area (Å²) in [5, 5.41) is 0. The molecule has 0 bridgehead atoms. The topological polar surface area (TPSA) is 42.4 Å². The molecule has 0 aliphatic carbocycles. The van der Waals surface area contributed by atoms with Crippen LogP contribution in [0.3, 0.4) is 0 Å². The van der Waals surface area contributed by atoms with Crippen LogP contribution in [0.4, 0.5) is 0 Å². The molecular weight excluding hydrogens is 200 g/mol. The van der Waals surface area contributed by atoms with Gasteiger partial charge in [-0.3, -0.25) is 4.90 Å². The van der Waals surface area contributed by atoms with Gasteiger partial charge in [-0.2, -0.15) is 0 Å². The first-order valence-electron chi connectivity index (χ1n) is 6.19. The van der Waals surface area contributed by atoms with Gasteiger partial charge in [0.1, 0.15) is 11.5 Å².